The number of rotatable bonds is 6. The second kappa shape index (κ2) is 7.09. The molecule has 1 rings (SSSR count). The molecule has 1 amide bonds. The Kier molecular flexibility index (Phi) is 5.76. The summed E-state index contributed by atoms with van der Waals surface area (Å²) in [7, 11) is 1.51. The van der Waals surface area contributed by atoms with E-state index in [-0.39, 0.29) is 23.7 Å². The van der Waals surface area contributed by atoms with E-state index in [4.69, 9.17) is 10.5 Å². The largest absolute Gasteiger partial charge is 0.496 e. The molecule has 2 unspecified atom stereocenters. The normalized spacial score (nSPS) is 13.7. The summed E-state index contributed by atoms with van der Waals surface area (Å²) in [5.74, 6) is -0.149. The number of halogens is 1. The van der Waals surface area contributed by atoms with Crippen LogP contribution in [0, 0.1) is 11.7 Å². The summed E-state index contributed by atoms with van der Waals surface area (Å²) in [6.45, 7) is 4.00. The molecule has 0 aliphatic rings. The van der Waals surface area contributed by atoms with E-state index in [1.165, 1.54) is 19.2 Å². The smallest absolute Gasteiger partial charge is 0.224 e. The monoisotopic (exact) mass is 268 g/mol. The molecule has 0 fully saturated rings. The molecule has 0 heterocycles. The van der Waals surface area contributed by atoms with Gasteiger partial charge in [-0.3, -0.25) is 4.79 Å². The van der Waals surface area contributed by atoms with Gasteiger partial charge in [-0.25, -0.2) is 4.39 Å². The highest BCUT2D eigenvalue weighted by Gasteiger charge is 2.19. The number of ether oxygens (including phenoxy) is 1. The quantitative estimate of drug-likeness (QED) is 0.829. The van der Waals surface area contributed by atoms with E-state index in [9.17, 15) is 9.18 Å². The molecule has 1 aromatic carbocycles. The average Bonchev–Trinajstić information content (AvgIpc) is 2.40. The highest BCUT2D eigenvalue weighted by Crippen LogP contribution is 2.26. The second-order valence-corrected chi connectivity index (χ2v) is 4.46. The van der Waals surface area contributed by atoms with Crippen molar-refractivity contribution < 1.29 is 13.9 Å². The molecule has 0 saturated heterocycles. The standard InChI is InChI=1S/C14H21FN2O2/c1-4-10(8-16)14(18)17-9(2)12-7-11(15)5-6-13(12)19-3/h5-7,9-10H,4,8,16H2,1-3H3,(H,17,18). The molecule has 0 saturated carbocycles. The first-order valence-electron chi connectivity index (χ1n) is 6.37. The van der Waals surface area contributed by atoms with E-state index in [2.05, 4.69) is 5.32 Å². The number of nitrogens with one attached hydrogen (secondary N) is 1. The van der Waals surface area contributed by atoms with E-state index in [0.717, 1.165) is 0 Å². The third kappa shape index (κ3) is 3.92. The fraction of sp³-hybridized carbons (Fsp3) is 0.500. The van der Waals surface area contributed by atoms with Gasteiger partial charge in [-0.1, -0.05) is 6.92 Å². The molecular formula is C14H21FN2O2. The molecule has 2 atom stereocenters. The molecule has 0 bridgehead atoms. The summed E-state index contributed by atoms with van der Waals surface area (Å²) in [5, 5.41) is 2.83. The lowest BCUT2D eigenvalue weighted by molar-refractivity contribution is -0.125. The molecule has 0 spiro atoms. The van der Waals surface area contributed by atoms with Gasteiger partial charge in [-0.2, -0.15) is 0 Å². The maximum atomic E-state index is 13.3. The van der Waals surface area contributed by atoms with Crippen LogP contribution in [0.4, 0.5) is 4.39 Å². The molecule has 3 N–H and O–H groups in total. The van der Waals surface area contributed by atoms with Crippen LogP contribution in [0.25, 0.3) is 0 Å². The van der Waals surface area contributed by atoms with Crippen LogP contribution in [0.15, 0.2) is 18.2 Å². The predicted molar refractivity (Wildman–Crippen MR) is 72.3 cm³/mol. The van der Waals surface area contributed by atoms with Gasteiger partial charge in [-0.15, -0.1) is 0 Å². The molecule has 0 aliphatic carbocycles. The van der Waals surface area contributed by atoms with Gasteiger partial charge in [-0.05, 0) is 31.5 Å². The van der Waals surface area contributed by atoms with Crippen LogP contribution in [0.2, 0.25) is 0 Å². The van der Waals surface area contributed by atoms with Crippen molar-refractivity contribution in [1.82, 2.24) is 5.32 Å². The molecule has 0 aliphatic heterocycles. The van der Waals surface area contributed by atoms with E-state index in [0.29, 0.717) is 24.3 Å². The highest BCUT2D eigenvalue weighted by atomic mass is 19.1. The minimum absolute atomic E-state index is 0.121. The van der Waals surface area contributed by atoms with E-state index >= 15 is 0 Å². The summed E-state index contributed by atoms with van der Waals surface area (Å²) in [5.41, 5.74) is 6.15. The van der Waals surface area contributed by atoms with Crippen LogP contribution >= 0.6 is 0 Å². The average molecular weight is 268 g/mol. The minimum Gasteiger partial charge on any atom is -0.496 e. The summed E-state index contributed by atoms with van der Waals surface area (Å²) >= 11 is 0. The number of benzene rings is 1. The Labute approximate surface area is 113 Å². The maximum Gasteiger partial charge on any atom is 0.224 e. The number of carbonyl (C=O) groups is 1. The molecule has 1 aromatic rings. The first kappa shape index (κ1) is 15.4. The van der Waals surface area contributed by atoms with Crippen molar-refractivity contribution in [3.8, 4) is 5.75 Å². The van der Waals surface area contributed by atoms with Crippen molar-refractivity contribution in [1.29, 1.82) is 0 Å². The number of hydrogen-bond donors (Lipinski definition) is 2. The zero-order chi connectivity index (χ0) is 14.4. The van der Waals surface area contributed by atoms with Crippen molar-refractivity contribution in [3.63, 3.8) is 0 Å². The third-order valence-corrected chi connectivity index (χ3v) is 3.17. The van der Waals surface area contributed by atoms with Gasteiger partial charge in [0.2, 0.25) is 5.91 Å². The number of hydrogen-bond acceptors (Lipinski definition) is 3. The van der Waals surface area contributed by atoms with Gasteiger partial charge in [0.25, 0.3) is 0 Å². The number of nitrogens with two attached hydrogens (primary N) is 1. The van der Waals surface area contributed by atoms with E-state index < -0.39 is 0 Å². The van der Waals surface area contributed by atoms with Gasteiger partial charge in [0.15, 0.2) is 0 Å². The Balaban J connectivity index is 2.85. The van der Waals surface area contributed by atoms with Crippen LogP contribution in [-0.2, 0) is 4.79 Å². The second-order valence-electron chi connectivity index (χ2n) is 4.46. The Morgan fingerprint density at radius 3 is 2.74 bits per heavy atom. The molecule has 5 heteroatoms. The van der Waals surface area contributed by atoms with E-state index in [1.54, 1.807) is 13.0 Å². The number of methoxy groups -OCH3 is 1. The Morgan fingerprint density at radius 1 is 1.53 bits per heavy atom. The first-order chi connectivity index (χ1) is 9.03. The molecule has 0 radical (unpaired) electrons. The SMILES string of the molecule is CCC(CN)C(=O)NC(C)c1cc(F)ccc1OC. The van der Waals surface area contributed by atoms with Crippen molar-refractivity contribution >= 4 is 5.91 Å². The molecule has 0 aromatic heterocycles. The van der Waals surface area contributed by atoms with Gasteiger partial charge >= 0.3 is 0 Å². The van der Waals surface area contributed by atoms with Crippen LogP contribution in [0.1, 0.15) is 31.9 Å². The van der Waals surface area contributed by atoms with Crippen molar-refractivity contribution in [2.24, 2.45) is 11.7 Å². The van der Waals surface area contributed by atoms with Gasteiger partial charge in [0.05, 0.1) is 13.2 Å². The van der Waals surface area contributed by atoms with Crippen molar-refractivity contribution in [2.45, 2.75) is 26.3 Å². The number of carbonyl (C=O) groups excluding carboxylic acids is 1. The summed E-state index contributed by atoms with van der Waals surface area (Å²) in [4.78, 5) is 11.9. The fourth-order valence-corrected chi connectivity index (χ4v) is 1.91. The summed E-state index contributed by atoms with van der Waals surface area (Å²) < 4.78 is 18.5. The lowest BCUT2D eigenvalue weighted by Crippen LogP contribution is -2.36. The Morgan fingerprint density at radius 2 is 2.21 bits per heavy atom. The summed E-state index contributed by atoms with van der Waals surface area (Å²) in [6.07, 6.45) is 0.676. The third-order valence-electron chi connectivity index (χ3n) is 3.17. The highest BCUT2D eigenvalue weighted by molar-refractivity contribution is 5.79. The van der Waals surface area contributed by atoms with E-state index in [1.807, 2.05) is 6.92 Å². The number of amides is 1. The molecule has 19 heavy (non-hydrogen) atoms. The Hall–Kier alpha value is -1.62. The van der Waals surface area contributed by atoms with Gasteiger partial charge in [0, 0.05) is 18.0 Å². The predicted octanol–water partition coefficient (Wildman–Crippen LogP) is 2.00. The van der Waals surface area contributed by atoms with Gasteiger partial charge < -0.3 is 15.8 Å². The first-order valence-corrected chi connectivity index (χ1v) is 6.37. The van der Waals surface area contributed by atoms with Crippen LogP contribution < -0.4 is 15.8 Å². The molecule has 106 valence electrons. The Bertz CT molecular complexity index is 433. The van der Waals surface area contributed by atoms with Crippen LogP contribution in [0.5, 0.6) is 5.75 Å². The van der Waals surface area contributed by atoms with Crippen molar-refractivity contribution in [3.05, 3.63) is 29.6 Å². The van der Waals surface area contributed by atoms with Crippen LogP contribution in [0.3, 0.4) is 0 Å². The van der Waals surface area contributed by atoms with Gasteiger partial charge in [0.1, 0.15) is 11.6 Å². The zero-order valence-electron chi connectivity index (χ0n) is 11.6. The van der Waals surface area contributed by atoms with Crippen molar-refractivity contribution in [2.75, 3.05) is 13.7 Å². The van der Waals surface area contributed by atoms with Crippen LogP contribution in [-0.4, -0.2) is 19.6 Å². The lowest BCUT2D eigenvalue weighted by Gasteiger charge is -2.20. The molecule has 4 nitrogen and oxygen atoms in total. The lowest BCUT2D eigenvalue weighted by atomic mass is 10.0. The fourth-order valence-electron chi connectivity index (χ4n) is 1.91. The zero-order valence-corrected chi connectivity index (χ0v) is 11.6. The maximum absolute atomic E-state index is 13.3. The summed E-state index contributed by atoms with van der Waals surface area (Å²) in [6, 6.07) is 3.91. The topological polar surface area (TPSA) is 64.4 Å². The molecular weight excluding hydrogens is 247 g/mol. The minimum atomic E-state index is -0.359.